The van der Waals surface area contributed by atoms with Crippen LogP contribution in [0.1, 0.15) is 30.5 Å². The molecule has 3 aromatic carbocycles. The Balaban J connectivity index is 2.13. The lowest BCUT2D eigenvalue weighted by Gasteiger charge is -2.26. The first kappa shape index (κ1) is 20.1. The zero-order valence-corrected chi connectivity index (χ0v) is 18.3. The van der Waals surface area contributed by atoms with Gasteiger partial charge in [-0.1, -0.05) is 18.2 Å². The highest BCUT2D eigenvalue weighted by molar-refractivity contribution is 6.08. The zero-order chi connectivity index (χ0) is 21.6. The molecule has 0 saturated heterocycles. The molecule has 5 heteroatoms. The molecule has 0 radical (unpaired) electrons. The molecule has 0 bridgehead atoms. The van der Waals surface area contributed by atoms with Crippen LogP contribution in [0.25, 0.3) is 21.9 Å². The zero-order valence-electron chi connectivity index (χ0n) is 18.3. The predicted octanol–water partition coefficient (Wildman–Crippen LogP) is 5.30. The van der Waals surface area contributed by atoms with Gasteiger partial charge in [-0.2, -0.15) is 0 Å². The fraction of sp³-hybridized carbons (Fsp3) is 0.320. The number of phenolic OH excluding ortho intramolecular Hbond substituents is 1. The first-order valence-corrected chi connectivity index (χ1v) is 10.0. The molecule has 30 heavy (non-hydrogen) atoms. The molecule has 0 spiro atoms. The summed E-state index contributed by atoms with van der Waals surface area (Å²) in [6.45, 7) is 6.09. The van der Waals surface area contributed by atoms with Gasteiger partial charge >= 0.3 is 0 Å². The fourth-order valence-electron chi connectivity index (χ4n) is 4.63. The second-order valence-corrected chi connectivity index (χ2v) is 7.76. The van der Waals surface area contributed by atoms with Gasteiger partial charge in [0.25, 0.3) is 0 Å². The number of aryl methyl sites for hydroxylation is 1. The molecule has 0 aromatic heterocycles. The second-order valence-electron chi connectivity index (χ2n) is 7.76. The van der Waals surface area contributed by atoms with Crippen LogP contribution in [0.3, 0.4) is 0 Å². The maximum atomic E-state index is 11.4. The van der Waals surface area contributed by atoms with E-state index >= 15 is 0 Å². The Morgan fingerprint density at radius 1 is 0.933 bits per heavy atom. The summed E-state index contributed by atoms with van der Waals surface area (Å²) in [4.78, 5) is 4.76. The minimum atomic E-state index is 0.151. The van der Waals surface area contributed by atoms with E-state index in [9.17, 15) is 5.11 Å². The van der Waals surface area contributed by atoms with Crippen molar-refractivity contribution in [3.05, 3.63) is 47.0 Å². The summed E-state index contributed by atoms with van der Waals surface area (Å²) in [5, 5.41) is 13.0. The molecule has 4 rings (SSSR count). The molecular formula is C25H27NO4. The Morgan fingerprint density at radius 3 is 2.33 bits per heavy atom. The maximum absolute atomic E-state index is 11.4. The van der Waals surface area contributed by atoms with Gasteiger partial charge in [0.1, 0.15) is 23.0 Å². The van der Waals surface area contributed by atoms with Crippen molar-refractivity contribution in [1.29, 1.82) is 0 Å². The molecule has 0 aliphatic carbocycles. The maximum Gasteiger partial charge on any atom is 0.139 e. The summed E-state index contributed by atoms with van der Waals surface area (Å²) in [7, 11) is 4.90. The molecule has 1 heterocycles. The summed E-state index contributed by atoms with van der Waals surface area (Å²) in [6, 6.07) is 10.0. The Labute approximate surface area is 176 Å². The number of aliphatic imine (C=N–C) groups is 1. The molecule has 1 atom stereocenters. The summed E-state index contributed by atoms with van der Waals surface area (Å²) in [6.07, 6.45) is 0.816. The van der Waals surface area contributed by atoms with Crippen molar-refractivity contribution >= 4 is 16.5 Å². The number of fused-ring (bicyclic) bond motifs is 2. The van der Waals surface area contributed by atoms with Crippen molar-refractivity contribution in [3.8, 4) is 34.1 Å². The standard InChI is InChI=1S/C25H27NO4/c1-13-10-16-8-7-9-18(28-4)22(16)24(27)20(13)23-19(29-5)12-17-11-14(2)26-15(3)21(17)25(23)30-6/h7-10,12,14,27H,11H2,1-6H3/t14-/m1/s1. The van der Waals surface area contributed by atoms with Crippen LogP contribution in [0.4, 0.5) is 0 Å². The van der Waals surface area contributed by atoms with Gasteiger partial charge in [-0.15, -0.1) is 0 Å². The van der Waals surface area contributed by atoms with Gasteiger partial charge in [-0.3, -0.25) is 4.99 Å². The summed E-state index contributed by atoms with van der Waals surface area (Å²) < 4.78 is 17.2. The van der Waals surface area contributed by atoms with Crippen molar-refractivity contribution in [2.24, 2.45) is 4.99 Å². The van der Waals surface area contributed by atoms with Crippen LogP contribution in [0, 0.1) is 6.92 Å². The normalized spacial score (nSPS) is 15.5. The third-order valence-corrected chi connectivity index (χ3v) is 5.81. The molecule has 0 saturated carbocycles. The van der Waals surface area contributed by atoms with Crippen LogP contribution in [0.5, 0.6) is 23.0 Å². The van der Waals surface area contributed by atoms with E-state index in [4.69, 9.17) is 19.2 Å². The lowest BCUT2D eigenvalue weighted by molar-refractivity contribution is 0.394. The number of hydrogen-bond donors (Lipinski definition) is 1. The number of phenols is 1. The van der Waals surface area contributed by atoms with Crippen molar-refractivity contribution in [1.82, 2.24) is 0 Å². The van der Waals surface area contributed by atoms with Gasteiger partial charge in [0.05, 0.1) is 38.3 Å². The SMILES string of the molecule is COc1cc2c(c(OC)c1-c1c(C)cc3cccc(OC)c3c1O)C(C)=N[C@H](C)C2. The van der Waals surface area contributed by atoms with Crippen LogP contribution < -0.4 is 14.2 Å². The van der Waals surface area contributed by atoms with E-state index in [1.54, 1.807) is 21.3 Å². The predicted molar refractivity (Wildman–Crippen MR) is 121 cm³/mol. The number of ether oxygens (including phenoxy) is 3. The number of aromatic hydroxyl groups is 1. The van der Waals surface area contributed by atoms with Crippen LogP contribution in [-0.2, 0) is 6.42 Å². The van der Waals surface area contributed by atoms with E-state index in [1.807, 2.05) is 44.2 Å². The van der Waals surface area contributed by atoms with E-state index in [0.29, 0.717) is 28.2 Å². The number of rotatable bonds is 4. The van der Waals surface area contributed by atoms with Gasteiger partial charge in [0.15, 0.2) is 0 Å². The lowest BCUT2D eigenvalue weighted by atomic mass is 9.86. The van der Waals surface area contributed by atoms with Crippen LogP contribution in [0.15, 0.2) is 35.3 Å². The molecule has 1 aliphatic heterocycles. The van der Waals surface area contributed by atoms with E-state index in [2.05, 4.69) is 6.92 Å². The molecule has 1 aliphatic rings. The lowest BCUT2D eigenvalue weighted by Crippen LogP contribution is -2.18. The topological polar surface area (TPSA) is 60.3 Å². The molecule has 5 nitrogen and oxygen atoms in total. The Hall–Kier alpha value is -3.21. The van der Waals surface area contributed by atoms with Gasteiger partial charge in [0, 0.05) is 16.8 Å². The largest absolute Gasteiger partial charge is 0.506 e. The van der Waals surface area contributed by atoms with Crippen molar-refractivity contribution in [2.45, 2.75) is 33.2 Å². The quantitative estimate of drug-likeness (QED) is 0.640. The van der Waals surface area contributed by atoms with Crippen LogP contribution in [0.2, 0.25) is 0 Å². The minimum Gasteiger partial charge on any atom is -0.506 e. The van der Waals surface area contributed by atoms with E-state index in [0.717, 1.165) is 39.8 Å². The highest BCUT2D eigenvalue weighted by Crippen LogP contribution is 2.51. The van der Waals surface area contributed by atoms with Crippen molar-refractivity contribution in [3.63, 3.8) is 0 Å². The molecule has 1 N–H and O–H groups in total. The molecule has 0 amide bonds. The third-order valence-electron chi connectivity index (χ3n) is 5.81. The molecular weight excluding hydrogens is 378 g/mol. The summed E-state index contributed by atoms with van der Waals surface area (Å²) in [5.41, 5.74) is 5.37. The van der Waals surface area contributed by atoms with Crippen LogP contribution in [-0.4, -0.2) is 38.2 Å². The molecule has 3 aromatic rings. The Morgan fingerprint density at radius 2 is 1.67 bits per heavy atom. The number of hydrogen-bond acceptors (Lipinski definition) is 5. The van der Waals surface area contributed by atoms with E-state index in [1.165, 1.54) is 0 Å². The van der Waals surface area contributed by atoms with Gasteiger partial charge in [-0.05, 0) is 55.8 Å². The molecule has 0 fully saturated rings. The average Bonchev–Trinajstić information content (AvgIpc) is 2.72. The monoisotopic (exact) mass is 405 g/mol. The molecule has 0 unspecified atom stereocenters. The minimum absolute atomic E-state index is 0.151. The first-order chi connectivity index (χ1) is 14.4. The second kappa shape index (κ2) is 7.56. The highest BCUT2D eigenvalue weighted by Gasteiger charge is 2.29. The fourth-order valence-corrected chi connectivity index (χ4v) is 4.63. The first-order valence-electron chi connectivity index (χ1n) is 10.0. The van der Waals surface area contributed by atoms with Crippen molar-refractivity contribution in [2.75, 3.05) is 21.3 Å². The number of benzene rings is 3. The molecule has 156 valence electrons. The van der Waals surface area contributed by atoms with E-state index in [-0.39, 0.29) is 11.8 Å². The Kier molecular flexibility index (Phi) is 5.06. The number of nitrogens with zero attached hydrogens (tertiary/aromatic N) is 1. The highest BCUT2D eigenvalue weighted by atomic mass is 16.5. The average molecular weight is 405 g/mol. The summed E-state index contributed by atoms with van der Waals surface area (Å²) in [5.74, 6) is 2.11. The van der Waals surface area contributed by atoms with Crippen molar-refractivity contribution < 1.29 is 19.3 Å². The summed E-state index contributed by atoms with van der Waals surface area (Å²) >= 11 is 0. The van der Waals surface area contributed by atoms with Gasteiger partial charge in [0.2, 0.25) is 0 Å². The smallest absolute Gasteiger partial charge is 0.139 e. The van der Waals surface area contributed by atoms with Gasteiger partial charge in [-0.25, -0.2) is 0 Å². The van der Waals surface area contributed by atoms with Crippen LogP contribution >= 0.6 is 0 Å². The van der Waals surface area contributed by atoms with Gasteiger partial charge < -0.3 is 19.3 Å². The van der Waals surface area contributed by atoms with E-state index < -0.39 is 0 Å². The Bertz CT molecular complexity index is 1180. The number of methoxy groups -OCH3 is 3. The third kappa shape index (κ3) is 2.96.